The first-order valence-corrected chi connectivity index (χ1v) is 17.7. The molecule has 4 aromatic heterocycles. The van der Waals surface area contributed by atoms with Gasteiger partial charge in [-0.2, -0.15) is 0 Å². The SMILES string of the molecule is N=C(Nc1ccc(NC(=O)c2cccs2)cc1)c1cccs1.NC(=Nc1ccc(NC(=O)c2cccs2)cc1)c1cccs1.O=C(O)C(=O)O. The van der Waals surface area contributed by atoms with Gasteiger partial charge in [0.25, 0.3) is 11.8 Å². The van der Waals surface area contributed by atoms with Gasteiger partial charge in [0.2, 0.25) is 0 Å². The lowest BCUT2D eigenvalue weighted by molar-refractivity contribution is -0.159. The second kappa shape index (κ2) is 18.6. The number of thiophene rings is 4. The standard InChI is InChI=1S/2C16H13N3OS2.C2H2O4/c2*17-15(13-3-1-9-21-13)18-11-5-7-12(8-6-11)19-16(20)14-4-2-10-22-14;3-1(4)2(5)6/h2*1-10H,(H2,17,18)(H,19,20);(H,3,4)(H,5,6). The molecule has 0 atom stereocenters. The third kappa shape index (κ3) is 11.6. The van der Waals surface area contributed by atoms with Crippen LogP contribution in [-0.2, 0) is 9.59 Å². The number of nitrogens with two attached hydrogens (primary N) is 1. The maximum absolute atomic E-state index is 11.9. The number of amidine groups is 2. The van der Waals surface area contributed by atoms with E-state index >= 15 is 0 Å². The molecule has 0 aliphatic rings. The van der Waals surface area contributed by atoms with Gasteiger partial charge in [-0.15, -0.1) is 45.3 Å². The van der Waals surface area contributed by atoms with E-state index in [9.17, 15) is 9.59 Å². The van der Waals surface area contributed by atoms with Gasteiger partial charge in [-0.1, -0.05) is 24.3 Å². The third-order valence-corrected chi connectivity index (χ3v) is 9.52. The van der Waals surface area contributed by atoms with Crippen molar-refractivity contribution in [3.05, 3.63) is 138 Å². The van der Waals surface area contributed by atoms with Crippen LogP contribution in [0.4, 0.5) is 22.7 Å². The second-order valence-electron chi connectivity index (χ2n) is 9.55. The second-order valence-corrected chi connectivity index (χ2v) is 13.3. The van der Waals surface area contributed by atoms with Gasteiger partial charge in [-0.3, -0.25) is 15.0 Å². The number of nitrogens with zero attached hydrogens (tertiary/aromatic N) is 1. The van der Waals surface area contributed by atoms with Crippen LogP contribution in [0.25, 0.3) is 0 Å². The summed E-state index contributed by atoms with van der Waals surface area (Å²) in [6.07, 6.45) is 0. The summed E-state index contributed by atoms with van der Waals surface area (Å²) < 4.78 is 0. The summed E-state index contributed by atoms with van der Waals surface area (Å²) in [5.41, 5.74) is 8.97. The summed E-state index contributed by atoms with van der Waals surface area (Å²) in [6, 6.07) is 29.5. The van der Waals surface area contributed by atoms with Gasteiger partial charge in [0.1, 0.15) is 11.7 Å². The molecule has 0 spiro atoms. The number of nitrogens with one attached hydrogen (secondary N) is 4. The molecule has 6 rings (SSSR count). The number of hydrogen-bond donors (Lipinski definition) is 7. The van der Waals surface area contributed by atoms with Crippen molar-refractivity contribution in [1.82, 2.24) is 0 Å². The average Bonchev–Trinajstić information content (AvgIpc) is 3.95. The number of anilines is 3. The quantitative estimate of drug-likeness (QED) is 0.0465. The fraction of sp³-hybridized carbons (Fsp3) is 0. The van der Waals surface area contributed by atoms with Crippen LogP contribution in [0.2, 0.25) is 0 Å². The third-order valence-electron chi connectivity index (χ3n) is 6.00. The number of benzene rings is 2. The highest BCUT2D eigenvalue weighted by Crippen LogP contribution is 2.20. The highest BCUT2D eigenvalue weighted by atomic mass is 32.1. The Kier molecular flexibility index (Phi) is 13.7. The molecular formula is C34H28N6O6S4. The van der Waals surface area contributed by atoms with Crippen LogP contribution in [0.3, 0.4) is 0 Å². The van der Waals surface area contributed by atoms with Crippen molar-refractivity contribution >= 4 is 104 Å². The molecule has 0 bridgehead atoms. The molecule has 4 heterocycles. The molecule has 6 aromatic rings. The van der Waals surface area contributed by atoms with Crippen molar-refractivity contribution in [3.8, 4) is 0 Å². The summed E-state index contributed by atoms with van der Waals surface area (Å²) in [5, 5.41) is 39.1. The fourth-order valence-electron chi connectivity index (χ4n) is 3.70. The van der Waals surface area contributed by atoms with Gasteiger partial charge >= 0.3 is 11.9 Å². The molecule has 0 fully saturated rings. The Morgan fingerprint density at radius 2 is 0.900 bits per heavy atom. The Bertz CT molecular complexity index is 1950. The Hall–Kier alpha value is -5.94. The minimum atomic E-state index is -1.82. The summed E-state index contributed by atoms with van der Waals surface area (Å²) >= 11 is 5.89. The Morgan fingerprint density at radius 3 is 1.28 bits per heavy atom. The number of carbonyl (C=O) groups excluding carboxylic acids is 2. The maximum atomic E-state index is 11.9. The number of amides is 2. The van der Waals surface area contributed by atoms with Crippen molar-refractivity contribution in [3.63, 3.8) is 0 Å². The van der Waals surface area contributed by atoms with E-state index in [-0.39, 0.29) is 11.8 Å². The van der Waals surface area contributed by atoms with Crippen molar-refractivity contribution in [2.75, 3.05) is 16.0 Å². The van der Waals surface area contributed by atoms with Crippen molar-refractivity contribution < 1.29 is 29.4 Å². The van der Waals surface area contributed by atoms with Crippen LogP contribution < -0.4 is 21.7 Å². The van der Waals surface area contributed by atoms with Crippen molar-refractivity contribution in [1.29, 1.82) is 5.41 Å². The van der Waals surface area contributed by atoms with Crippen molar-refractivity contribution in [2.45, 2.75) is 0 Å². The van der Waals surface area contributed by atoms with Crippen LogP contribution >= 0.6 is 45.3 Å². The molecule has 0 saturated carbocycles. The van der Waals surface area contributed by atoms with E-state index in [1.54, 1.807) is 23.5 Å². The van der Waals surface area contributed by atoms with Gasteiger partial charge in [0.15, 0.2) is 0 Å². The molecule has 0 aliphatic carbocycles. The molecule has 0 saturated heterocycles. The molecule has 0 unspecified atom stereocenters. The molecule has 8 N–H and O–H groups in total. The monoisotopic (exact) mass is 744 g/mol. The molecule has 0 aliphatic heterocycles. The van der Waals surface area contributed by atoms with E-state index in [4.69, 9.17) is 30.9 Å². The summed E-state index contributed by atoms with van der Waals surface area (Å²) in [4.78, 5) is 49.6. The molecule has 12 nitrogen and oxygen atoms in total. The zero-order chi connectivity index (χ0) is 35.9. The lowest BCUT2D eigenvalue weighted by atomic mass is 10.2. The minimum Gasteiger partial charge on any atom is -0.473 e. The largest absolute Gasteiger partial charge is 0.473 e. The van der Waals surface area contributed by atoms with Crippen molar-refractivity contribution in [2.24, 2.45) is 10.7 Å². The molecule has 2 amide bonds. The Balaban J connectivity index is 0.000000194. The van der Waals surface area contributed by atoms with E-state index in [1.807, 2.05) is 106 Å². The van der Waals surface area contributed by atoms with Crippen LogP contribution in [0, 0.1) is 5.41 Å². The highest BCUT2D eigenvalue weighted by molar-refractivity contribution is 7.13. The van der Waals surface area contributed by atoms with Crippen LogP contribution in [0.5, 0.6) is 0 Å². The first-order valence-electron chi connectivity index (χ1n) is 14.2. The van der Waals surface area contributed by atoms with E-state index in [2.05, 4.69) is 20.9 Å². The number of carboxylic acid groups (broad SMARTS) is 2. The minimum absolute atomic E-state index is 0.107. The summed E-state index contributed by atoms with van der Waals surface area (Å²) in [6.45, 7) is 0. The number of aliphatic imine (C=N–C) groups is 1. The average molecular weight is 745 g/mol. The van der Waals surface area contributed by atoms with Gasteiger partial charge < -0.3 is 31.9 Å². The summed E-state index contributed by atoms with van der Waals surface area (Å²) in [5.74, 6) is -3.01. The molecule has 0 radical (unpaired) electrons. The number of rotatable bonds is 8. The number of hydrogen-bond acceptors (Lipinski definition) is 10. The predicted octanol–water partition coefficient (Wildman–Crippen LogP) is 7.75. The number of aliphatic carboxylic acids is 2. The van der Waals surface area contributed by atoms with Gasteiger partial charge in [-0.25, -0.2) is 14.6 Å². The first kappa shape index (κ1) is 36.9. The molecular weight excluding hydrogens is 717 g/mol. The Morgan fingerprint density at radius 1 is 0.540 bits per heavy atom. The summed E-state index contributed by atoms with van der Waals surface area (Å²) in [7, 11) is 0. The lowest BCUT2D eigenvalue weighted by Crippen LogP contribution is -2.11. The van der Waals surface area contributed by atoms with Gasteiger partial charge in [0.05, 0.1) is 25.2 Å². The molecule has 254 valence electrons. The van der Waals surface area contributed by atoms with Crippen LogP contribution in [-0.4, -0.2) is 45.6 Å². The van der Waals surface area contributed by atoms with Crippen LogP contribution in [0.15, 0.2) is 124 Å². The molecule has 2 aromatic carbocycles. The number of carbonyl (C=O) groups is 4. The highest BCUT2D eigenvalue weighted by Gasteiger charge is 2.09. The Labute approximate surface area is 301 Å². The van der Waals surface area contributed by atoms with E-state index in [0.29, 0.717) is 21.4 Å². The van der Waals surface area contributed by atoms with E-state index in [1.165, 1.54) is 34.0 Å². The lowest BCUT2D eigenvalue weighted by Gasteiger charge is -2.08. The maximum Gasteiger partial charge on any atom is 0.414 e. The predicted molar refractivity (Wildman–Crippen MR) is 202 cm³/mol. The molecule has 16 heteroatoms. The topological polar surface area (TPSA) is 207 Å². The zero-order valence-corrected chi connectivity index (χ0v) is 29.0. The van der Waals surface area contributed by atoms with Gasteiger partial charge in [0, 0.05) is 17.1 Å². The smallest absolute Gasteiger partial charge is 0.414 e. The molecule has 50 heavy (non-hydrogen) atoms. The van der Waals surface area contributed by atoms with E-state index in [0.717, 1.165) is 32.5 Å². The first-order chi connectivity index (χ1) is 24.1. The van der Waals surface area contributed by atoms with Crippen LogP contribution in [0.1, 0.15) is 29.1 Å². The normalized spacial score (nSPS) is 10.4. The number of carboxylic acids is 2. The zero-order valence-electron chi connectivity index (χ0n) is 25.7. The fourth-order valence-corrected chi connectivity index (χ4v) is 6.20. The van der Waals surface area contributed by atoms with Gasteiger partial charge in [-0.05, 0) is 94.3 Å². The van der Waals surface area contributed by atoms with E-state index < -0.39 is 11.9 Å².